The number of ether oxygens (including phenoxy) is 2. The van der Waals surface area contributed by atoms with Crippen molar-refractivity contribution in [3.63, 3.8) is 0 Å². The van der Waals surface area contributed by atoms with Crippen LogP contribution in [0.25, 0.3) is 0 Å². The van der Waals surface area contributed by atoms with Crippen molar-refractivity contribution in [2.75, 3.05) is 0 Å². The van der Waals surface area contributed by atoms with Crippen LogP contribution >= 0.6 is 0 Å². The molecular formula is C15H25F3O4. The van der Waals surface area contributed by atoms with Gasteiger partial charge < -0.3 is 9.47 Å². The zero-order chi connectivity index (χ0) is 17.9. The quantitative estimate of drug-likeness (QED) is 0.695. The fraction of sp³-hybridized carbons (Fsp3) is 0.867. The second kappa shape index (κ2) is 6.87. The number of esters is 2. The van der Waals surface area contributed by atoms with Crippen molar-refractivity contribution in [2.45, 2.75) is 72.3 Å². The number of hydrogen-bond acceptors (Lipinski definition) is 4. The van der Waals surface area contributed by atoms with E-state index in [1.54, 1.807) is 13.8 Å². The molecule has 4 nitrogen and oxygen atoms in total. The summed E-state index contributed by atoms with van der Waals surface area (Å²) >= 11 is 0. The van der Waals surface area contributed by atoms with E-state index in [0.29, 0.717) is 6.42 Å². The highest BCUT2D eigenvalue weighted by atomic mass is 19.4. The molecule has 0 aromatic carbocycles. The van der Waals surface area contributed by atoms with Crippen molar-refractivity contribution >= 4 is 11.9 Å². The van der Waals surface area contributed by atoms with E-state index >= 15 is 0 Å². The minimum absolute atomic E-state index is 0.434. The SMILES string of the molecule is CCC(C)C(=O)OC(C)(C)C(C)(OC(=O)C(C)C)C(F)(F)F. The summed E-state index contributed by atoms with van der Waals surface area (Å²) in [6.07, 6.45) is -4.46. The van der Waals surface area contributed by atoms with Crippen LogP contribution in [0.2, 0.25) is 0 Å². The lowest BCUT2D eigenvalue weighted by atomic mass is 9.85. The molecule has 0 aliphatic heterocycles. The van der Waals surface area contributed by atoms with Gasteiger partial charge in [0.2, 0.25) is 5.60 Å². The van der Waals surface area contributed by atoms with Gasteiger partial charge in [-0.3, -0.25) is 9.59 Å². The lowest BCUT2D eigenvalue weighted by Gasteiger charge is -2.43. The Morgan fingerprint density at radius 3 is 1.73 bits per heavy atom. The summed E-state index contributed by atoms with van der Waals surface area (Å²) in [7, 11) is 0. The van der Waals surface area contributed by atoms with Crippen molar-refractivity contribution in [2.24, 2.45) is 11.8 Å². The van der Waals surface area contributed by atoms with Crippen molar-refractivity contribution in [1.29, 1.82) is 0 Å². The lowest BCUT2D eigenvalue weighted by molar-refractivity contribution is -0.313. The van der Waals surface area contributed by atoms with Gasteiger partial charge in [-0.15, -0.1) is 0 Å². The highest BCUT2D eigenvalue weighted by Crippen LogP contribution is 2.44. The van der Waals surface area contributed by atoms with Gasteiger partial charge in [-0.25, -0.2) is 0 Å². The molecule has 2 atom stereocenters. The Balaban J connectivity index is 5.59. The van der Waals surface area contributed by atoms with Crippen LogP contribution in [0, 0.1) is 11.8 Å². The molecule has 0 bridgehead atoms. The summed E-state index contributed by atoms with van der Waals surface area (Å²) in [5.74, 6) is -3.05. The second-order valence-electron chi connectivity index (χ2n) is 6.35. The van der Waals surface area contributed by atoms with Gasteiger partial charge >= 0.3 is 18.1 Å². The fourth-order valence-corrected chi connectivity index (χ4v) is 1.46. The van der Waals surface area contributed by atoms with Gasteiger partial charge in [-0.2, -0.15) is 13.2 Å². The first kappa shape index (κ1) is 20.7. The van der Waals surface area contributed by atoms with Gasteiger partial charge in [-0.05, 0) is 27.2 Å². The van der Waals surface area contributed by atoms with E-state index in [2.05, 4.69) is 0 Å². The van der Waals surface area contributed by atoms with Crippen molar-refractivity contribution in [1.82, 2.24) is 0 Å². The predicted octanol–water partition coefficient (Wildman–Crippen LogP) is 3.87. The maximum atomic E-state index is 13.5. The first-order valence-electron chi connectivity index (χ1n) is 7.22. The number of carbonyl (C=O) groups excluding carboxylic acids is 2. The van der Waals surface area contributed by atoms with Gasteiger partial charge in [0.1, 0.15) is 0 Å². The molecule has 0 aromatic heterocycles. The van der Waals surface area contributed by atoms with Gasteiger partial charge in [0.25, 0.3) is 0 Å². The van der Waals surface area contributed by atoms with E-state index < -0.39 is 41.2 Å². The molecule has 2 unspecified atom stereocenters. The molecule has 0 heterocycles. The van der Waals surface area contributed by atoms with Crippen LogP contribution in [0.4, 0.5) is 13.2 Å². The van der Waals surface area contributed by atoms with E-state index in [1.165, 1.54) is 13.8 Å². The monoisotopic (exact) mass is 326 g/mol. The Bertz CT molecular complexity index is 416. The minimum atomic E-state index is -4.89. The van der Waals surface area contributed by atoms with Crippen LogP contribution in [0.3, 0.4) is 0 Å². The number of rotatable bonds is 6. The zero-order valence-corrected chi connectivity index (χ0v) is 14.1. The molecule has 0 saturated carbocycles. The van der Waals surface area contributed by atoms with Crippen LogP contribution in [-0.2, 0) is 19.1 Å². The molecule has 0 saturated heterocycles. The molecule has 0 N–H and O–H groups in total. The smallest absolute Gasteiger partial charge is 0.432 e. The largest absolute Gasteiger partial charge is 0.455 e. The Morgan fingerprint density at radius 2 is 1.41 bits per heavy atom. The molecule has 0 aliphatic rings. The zero-order valence-electron chi connectivity index (χ0n) is 14.1. The molecular weight excluding hydrogens is 301 g/mol. The third-order valence-electron chi connectivity index (χ3n) is 3.84. The van der Waals surface area contributed by atoms with Gasteiger partial charge in [0.05, 0.1) is 11.8 Å². The van der Waals surface area contributed by atoms with Crippen molar-refractivity contribution in [3.05, 3.63) is 0 Å². The molecule has 0 rings (SSSR count). The number of carbonyl (C=O) groups is 2. The molecule has 0 aromatic rings. The second-order valence-corrected chi connectivity index (χ2v) is 6.35. The Labute approximate surface area is 129 Å². The molecule has 0 aliphatic carbocycles. The Morgan fingerprint density at radius 1 is 0.955 bits per heavy atom. The van der Waals surface area contributed by atoms with Crippen molar-refractivity contribution < 1.29 is 32.2 Å². The maximum Gasteiger partial charge on any atom is 0.432 e. The first-order valence-corrected chi connectivity index (χ1v) is 7.22. The summed E-state index contributed by atoms with van der Waals surface area (Å²) in [6.45, 7) is 9.04. The van der Waals surface area contributed by atoms with E-state index in [9.17, 15) is 22.8 Å². The summed E-state index contributed by atoms with van der Waals surface area (Å²) in [5.41, 5.74) is -5.00. The van der Waals surface area contributed by atoms with E-state index in [1.807, 2.05) is 0 Å². The van der Waals surface area contributed by atoms with E-state index in [4.69, 9.17) is 9.47 Å². The standard InChI is InChI=1S/C15H25F3O4/c1-8-10(4)12(20)21-13(5,6)14(7,15(16,17)18)22-11(19)9(2)3/h9-10H,8H2,1-7H3. The highest BCUT2D eigenvalue weighted by molar-refractivity contribution is 5.73. The first-order chi connectivity index (χ1) is 9.69. The van der Waals surface area contributed by atoms with E-state index in [0.717, 1.165) is 20.8 Å². The number of halogens is 3. The highest BCUT2D eigenvalue weighted by Gasteiger charge is 2.65. The van der Waals surface area contributed by atoms with Crippen LogP contribution in [0.1, 0.15) is 54.9 Å². The molecule has 0 spiro atoms. The molecule has 0 radical (unpaired) electrons. The Kier molecular flexibility index (Phi) is 6.48. The summed E-state index contributed by atoms with van der Waals surface area (Å²) in [5, 5.41) is 0. The Hall–Kier alpha value is -1.27. The molecule has 7 heteroatoms. The molecule has 22 heavy (non-hydrogen) atoms. The third kappa shape index (κ3) is 4.36. The molecule has 0 amide bonds. The van der Waals surface area contributed by atoms with Gasteiger partial charge in [-0.1, -0.05) is 27.7 Å². The lowest BCUT2D eigenvalue weighted by Crippen LogP contribution is -2.62. The van der Waals surface area contributed by atoms with Crippen LogP contribution in [0.5, 0.6) is 0 Å². The number of hydrogen-bond donors (Lipinski definition) is 0. The van der Waals surface area contributed by atoms with E-state index in [-0.39, 0.29) is 0 Å². The molecule has 0 fully saturated rings. The number of alkyl halides is 3. The van der Waals surface area contributed by atoms with Crippen LogP contribution in [-0.4, -0.2) is 29.3 Å². The third-order valence-corrected chi connectivity index (χ3v) is 3.84. The average Bonchev–Trinajstić information content (AvgIpc) is 2.35. The van der Waals surface area contributed by atoms with Crippen LogP contribution < -0.4 is 0 Å². The summed E-state index contributed by atoms with van der Waals surface area (Å²) < 4.78 is 50.2. The van der Waals surface area contributed by atoms with Crippen molar-refractivity contribution in [3.8, 4) is 0 Å². The summed E-state index contributed by atoms with van der Waals surface area (Å²) in [4.78, 5) is 23.5. The fourth-order valence-electron chi connectivity index (χ4n) is 1.46. The minimum Gasteiger partial charge on any atom is -0.455 e. The topological polar surface area (TPSA) is 52.6 Å². The predicted molar refractivity (Wildman–Crippen MR) is 75.0 cm³/mol. The van der Waals surface area contributed by atoms with Gasteiger partial charge in [0.15, 0.2) is 5.60 Å². The maximum absolute atomic E-state index is 13.5. The normalized spacial score (nSPS) is 16.9. The summed E-state index contributed by atoms with van der Waals surface area (Å²) in [6, 6.07) is 0. The average molecular weight is 326 g/mol. The van der Waals surface area contributed by atoms with Crippen LogP contribution in [0.15, 0.2) is 0 Å². The molecule has 130 valence electrons. The van der Waals surface area contributed by atoms with Gasteiger partial charge in [0, 0.05) is 0 Å².